The molecule has 0 bridgehead atoms. The summed E-state index contributed by atoms with van der Waals surface area (Å²) in [6, 6.07) is 3.44. The monoisotopic (exact) mass is 388 g/mol. The number of imide groups is 1. The molecule has 1 saturated heterocycles. The van der Waals surface area contributed by atoms with Crippen molar-refractivity contribution in [1.82, 2.24) is 19.8 Å². The third kappa shape index (κ3) is 7.10. The van der Waals surface area contributed by atoms with Gasteiger partial charge in [-0.3, -0.25) is 15.0 Å². The lowest BCUT2D eigenvalue weighted by molar-refractivity contribution is -0.121. The summed E-state index contributed by atoms with van der Waals surface area (Å²) >= 11 is 1.62. The molecule has 0 atom stereocenters. The van der Waals surface area contributed by atoms with Crippen molar-refractivity contribution in [2.45, 2.75) is 12.8 Å². The van der Waals surface area contributed by atoms with Crippen LogP contribution in [0.3, 0.4) is 0 Å². The number of carbonyl (C=O) groups excluding carboxylic acids is 2. The number of hydrogen-bond donors (Lipinski definition) is 2. The van der Waals surface area contributed by atoms with Gasteiger partial charge in [-0.15, -0.1) is 11.3 Å². The fourth-order valence-electron chi connectivity index (χ4n) is 2.60. The molecule has 1 aromatic rings. The molecule has 2 heterocycles. The third-order valence-corrected chi connectivity index (χ3v) is 6.11. The minimum absolute atomic E-state index is 0.0793. The molecule has 2 rings (SSSR count). The molecule has 8 nitrogen and oxygen atoms in total. The van der Waals surface area contributed by atoms with Crippen molar-refractivity contribution in [2.24, 2.45) is 0 Å². The molecule has 0 aromatic carbocycles. The average Bonchev–Trinajstić information content (AvgIpc) is 2.91. The molecule has 3 amide bonds. The quantitative estimate of drug-likeness (QED) is 0.719. The van der Waals surface area contributed by atoms with Gasteiger partial charge in [0, 0.05) is 31.1 Å². The predicted molar refractivity (Wildman–Crippen MR) is 97.0 cm³/mol. The van der Waals surface area contributed by atoms with E-state index in [1.54, 1.807) is 11.3 Å². The van der Waals surface area contributed by atoms with Gasteiger partial charge in [-0.1, -0.05) is 6.07 Å². The van der Waals surface area contributed by atoms with Crippen LogP contribution >= 0.6 is 11.3 Å². The zero-order valence-corrected chi connectivity index (χ0v) is 15.9. The Morgan fingerprint density at radius 1 is 1.24 bits per heavy atom. The Bertz CT molecular complexity index is 676. The lowest BCUT2D eigenvalue weighted by Crippen LogP contribution is -2.45. The molecule has 0 saturated carbocycles. The summed E-state index contributed by atoms with van der Waals surface area (Å²) in [7, 11) is -3.21. The minimum atomic E-state index is -3.21. The summed E-state index contributed by atoms with van der Waals surface area (Å²) in [5.74, 6) is -0.388. The van der Waals surface area contributed by atoms with Crippen LogP contribution in [0.25, 0.3) is 0 Å². The lowest BCUT2D eigenvalue weighted by Gasteiger charge is -2.20. The second-order valence-corrected chi connectivity index (χ2v) is 8.94. The van der Waals surface area contributed by atoms with Crippen molar-refractivity contribution >= 4 is 33.3 Å². The molecule has 0 radical (unpaired) electrons. The number of rotatable bonds is 6. The number of carbonyl (C=O) groups is 2. The van der Waals surface area contributed by atoms with Gasteiger partial charge in [0.1, 0.15) is 0 Å². The molecule has 1 aromatic heterocycles. The number of nitrogens with zero attached hydrogens (tertiary/aromatic N) is 2. The van der Waals surface area contributed by atoms with Crippen LogP contribution in [-0.4, -0.2) is 75.1 Å². The third-order valence-electron chi connectivity index (χ3n) is 3.87. The number of sulfonamides is 1. The zero-order chi connectivity index (χ0) is 18.3. The maximum absolute atomic E-state index is 12.0. The molecule has 1 aliphatic heterocycles. The van der Waals surface area contributed by atoms with Gasteiger partial charge < -0.3 is 5.32 Å². The van der Waals surface area contributed by atoms with E-state index in [1.807, 2.05) is 22.4 Å². The van der Waals surface area contributed by atoms with Gasteiger partial charge in [0.2, 0.25) is 15.9 Å². The molecule has 1 aliphatic rings. The Labute approximate surface area is 152 Å². The second kappa shape index (κ2) is 9.27. The highest BCUT2D eigenvalue weighted by Crippen LogP contribution is 2.08. The Balaban J connectivity index is 1.68. The van der Waals surface area contributed by atoms with Crippen molar-refractivity contribution in [3.05, 3.63) is 22.4 Å². The molecule has 140 valence electrons. The SMILES string of the molecule is CS(=O)(=O)N1CCCN(CC(=O)NC(=O)NCCc2cccs2)CC1. The number of thiophene rings is 1. The molecular weight excluding hydrogens is 364 g/mol. The molecular formula is C15H24N4O4S2. The summed E-state index contributed by atoms with van der Waals surface area (Å²) in [6.07, 6.45) is 2.58. The van der Waals surface area contributed by atoms with Crippen molar-refractivity contribution in [3.8, 4) is 0 Å². The topological polar surface area (TPSA) is 98.8 Å². The first-order valence-corrected chi connectivity index (χ1v) is 10.8. The molecule has 0 spiro atoms. The van der Waals surface area contributed by atoms with E-state index in [2.05, 4.69) is 10.6 Å². The van der Waals surface area contributed by atoms with Gasteiger partial charge in [-0.25, -0.2) is 17.5 Å². The molecule has 1 fully saturated rings. The predicted octanol–water partition coefficient (Wildman–Crippen LogP) is 0.0837. The van der Waals surface area contributed by atoms with Crippen LogP contribution in [0.4, 0.5) is 4.79 Å². The highest BCUT2D eigenvalue weighted by molar-refractivity contribution is 7.88. The van der Waals surface area contributed by atoms with Gasteiger partial charge >= 0.3 is 6.03 Å². The van der Waals surface area contributed by atoms with E-state index in [0.717, 1.165) is 6.42 Å². The maximum Gasteiger partial charge on any atom is 0.321 e. The standard InChI is InChI=1S/C15H24N4O4S2/c1-25(22,23)19-8-3-7-18(9-10-19)12-14(20)17-15(21)16-6-5-13-4-2-11-24-13/h2,4,11H,3,5-10,12H2,1H3,(H2,16,17,20,21). The Kier molecular flexibility index (Phi) is 7.36. The molecule has 0 unspecified atom stereocenters. The van der Waals surface area contributed by atoms with E-state index in [9.17, 15) is 18.0 Å². The highest BCUT2D eigenvalue weighted by Gasteiger charge is 2.22. The van der Waals surface area contributed by atoms with Crippen LogP contribution in [-0.2, 0) is 21.2 Å². The first kappa shape index (κ1) is 19.8. The van der Waals surface area contributed by atoms with E-state index in [1.165, 1.54) is 15.4 Å². The Morgan fingerprint density at radius 3 is 2.72 bits per heavy atom. The highest BCUT2D eigenvalue weighted by atomic mass is 32.2. The van der Waals surface area contributed by atoms with E-state index in [4.69, 9.17) is 0 Å². The van der Waals surface area contributed by atoms with Crippen molar-refractivity contribution in [2.75, 3.05) is 45.5 Å². The second-order valence-electron chi connectivity index (χ2n) is 5.93. The minimum Gasteiger partial charge on any atom is -0.337 e. The van der Waals surface area contributed by atoms with Crippen LogP contribution in [0, 0.1) is 0 Å². The van der Waals surface area contributed by atoms with Gasteiger partial charge in [-0.2, -0.15) is 0 Å². The number of hydrogen-bond acceptors (Lipinski definition) is 6. The normalized spacial score (nSPS) is 17.0. The average molecular weight is 389 g/mol. The number of amides is 3. The van der Waals surface area contributed by atoms with Gasteiger partial charge in [-0.05, 0) is 30.8 Å². The maximum atomic E-state index is 12.0. The van der Waals surface area contributed by atoms with Crippen molar-refractivity contribution < 1.29 is 18.0 Å². The van der Waals surface area contributed by atoms with Crippen LogP contribution in [0.2, 0.25) is 0 Å². The summed E-state index contributed by atoms with van der Waals surface area (Å²) in [5.41, 5.74) is 0. The van der Waals surface area contributed by atoms with Crippen LogP contribution < -0.4 is 10.6 Å². The lowest BCUT2D eigenvalue weighted by atomic mass is 10.3. The smallest absolute Gasteiger partial charge is 0.321 e. The van der Waals surface area contributed by atoms with Gasteiger partial charge in [0.25, 0.3) is 0 Å². The summed E-state index contributed by atoms with van der Waals surface area (Å²) in [4.78, 5) is 26.7. The first-order chi connectivity index (χ1) is 11.8. The molecule has 0 aliphatic carbocycles. The zero-order valence-electron chi connectivity index (χ0n) is 14.2. The van der Waals surface area contributed by atoms with E-state index >= 15 is 0 Å². The van der Waals surface area contributed by atoms with Crippen LogP contribution in [0.1, 0.15) is 11.3 Å². The Hall–Kier alpha value is -1.49. The molecule has 10 heteroatoms. The van der Waals surface area contributed by atoms with E-state index < -0.39 is 16.1 Å². The summed E-state index contributed by atoms with van der Waals surface area (Å²) in [6.45, 7) is 2.46. The largest absolute Gasteiger partial charge is 0.337 e. The summed E-state index contributed by atoms with van der Waals surface area (Å²) in [5, 5.41) is 6.95. The van der Waals surface area contributed by atoms with Crippen LogP contribution in [0.5, 0.6) is 0 Å². The van der Waals surface area contributed by atoms with Gasteiger partial charge in [0.05, 0.1) is 12.8 Å². The molecule has 25 heavy (non-hydrogen) atoms. The fourth-order valence-corrected chi connectivity index (χ4v) is 4.19. The van der Waals surface area contributed by atoms with E-state index in [0.29, 0.717) is 39.1 Å². The Morgan fingerprint density at radius 2 is 2.04 bits per heavy atom. The first-order valence-electron chi connectivity index (χ1n) is 8.12. The van der Waals surface area contributed by atoms with Crippen LogP contribution in [0.15, 0.2) is 17.5 Å². The number of urea groups is 1. The molecule has 2 N–H and O–H groups in total. The van der Waals surface area contributed by atoms with Gasteiger partial charge in [0.15, 0.2) is 0 Å². The van der Waals surface area contributed by atoms with Crippen molar-refractivity contribution in [3.63, 3.8) is 0 Å². The number of nitrogens with one attached hydrogen (secondary N) is 2. The fraction of sp³-hybridized carbons (Fsp3) is 0.600. The van der Waals surface area contributed by atoms with Crippen molar-refractivity contribution in [1.29, 1.82) is 0 Å². The summed E-state index contributed by atoms with van der Waals surface area (Å²) < 4.78 is 24.6. The van der Waals surface area contributed by atoms with E-state index in [-0.39, 0.29) is 12.5 Å².